The zero-order chi connectivity index (χ0) is 15.4. The van der Waals surface area contributed by atoms with Crippen molar-refractivity contribution in [3.63, 3.8) is 0 Å². The summed E-state index contributed by atoms with van der Waals surface area (Å²) in [6.07, 6.45) is 0. The standard InChI is InChI=1S/C15H20N2O4/c1-10-4-5-13-12(8-10)17(14(18)9-21-13)11(2)15(19)16-6-7-20-3/h4-5,8,11H,6-7,9H2,1-3H3,(H,16,19)/t11-/m0/s1. The predicted molar refractivity (Wildman–Crippen MR) is 78.5 cm³/mol. The van der Waals surface area contributed by atoms with Crippen molar-refractivity contribution in [3.8, 4) is 5.75 Å². The van der Waals surface area contributed by atoms with Gasteiger partial charge in [0.25, 0.3) is 5.91 Å². The van der Waals surface area contributed by atoms with Crippen LogP contribution >= 0.6 is 0 Å². The van der Waals surface area contributed by atoms with Gasteiger partial charge in [-0.15, -0.1) is 0 Å². The number of ether oxygens (including phenoxy) is 2. The highest BCUT2D eigenvalue weighted by Crippen LogP contribution is 2.34. The fourth-order valence-electron chi connectivity index (χ4n) is 2.25. The molecule has 0 radical (unpaired) electrons. The maximum Gasteiger partial charge on any atom is 0.265 e. The molecular formula is C15H20N2O4. The van der Waals surface area contributed by atoms with Crippen LogP contribution in [0.15, 0.2) is 18.2 Å². The smallest absolute Gasteiger partial charge is 0.265 e. The van der Waals surface area contributed by atoms with Crippen LogP contribution in [0, 0.1) is 6.92 Å². The number of anilines is 1. The summed E-state index contributed by atoms with van der Waals surface area (Å²) < 4.78 is 10.3. The van der Waals surface area contributed by atoms with Gasteiger partial charge < -0.3 is 14.8 Å². The van der Waals surface area contributed by atoms with Crippen LogP contribution in [0.4, 0.5) is 5.69 Å². The molecule has 1 aromatic rings. The fraction of sp³-hybridized carbons (Fsp3) is 0.467. The molecular weight excluding hydrogens is 272 g/mol. The third-order valence-corrected chi connectivity index (χ3v) is 3.37. The third kappa shape index (κ3) is 3.33. The van der Waals surface area contributed by atoms with Crippen molar-refractivity contribution in [2.75, 3.05) is 31.8 Å². The molecule has 0 aliphatic carbocycles. The van der Waals surface area contributed by atoms with Crippen molar-refractivity contribution in [3.05, 3.63) is 23.8 Å². The molecule has 1 aromatic carbocycles. The highest BCUT2D eigenvalue weighted by molar-refractivity contribution is 6.03. The minimum absolute atomic E-state index is 0.0498. The topological polar surface area (TPSA) is 67.9 Å². The van der Waals surface area contributed by atoms with Gasteiger partial charge in [0, 0.05) is 13.7 Å². The molecule has 0 aromatic heterocycles. The Balaban J connectivity index is 2.20. The van der Waals surface area contributed by atoms with E-state index >= 15 is 0 Å². The summed E-state index contributed by atoms with van der Waals surface area (Å²) in [6, 6.07) is 4.99. The minimum atomic E-state index is -0.598. The zero-order valence-corrected chi connectivity index (χ0v) is 12.5. The number of aryl methyl sites for hydroxylation is 1. The number of methoxy groups -OCH3 is 1. The largest absolute Gasteiger partial charge is 0.482 e. The van der Waals surface area contributed by atoms with E-state index in [2.05, 4.69) is 5.32 Å². The first-order valence-electron chi connectivity index (χ1n) is 6.86. The van der Waals surface area contributed by atoms with Crippen molar-refractivity contribution in [1.82, 2.24) is 5.32 Å². The molecule has 2 rings (SSSR count). The number of nitrogens with one attached hydrogen (secondary N) is 1. The number of benzene rings is 1. The predicted octanol–water partition coefficient (Wildman–Crippen LogP) is 0.872. The molecule has 6 heteroatoms. The minimum Gasteiger partial charge on any atom is -0.482 e. The average molecular weight is 292 g/mol. The van der Waals surface area contributed by atoms with Gasteiger partial charge in [-0.1, -0.05) is 6.07 Å². The van der Waals surface area contributed by atoms with Gasteiger partial charge >= 0.3 is 0 Å². The van der Waals surface area contributed by atoms with Crippen LogP contribution in [-0.2, 0) is 14.3 Å². The first-order valence-corrected chi connectivity index (χ1v) is 6.86. The monoisotopic (exact) mass is 292 g/mol. The molecule has 0 bridgehead atoms. The van der Waals surface area contributed by atoms with E-state index in [1.165, 1.54) is 4.90 Å². The van der Waals surface area contributed by atoms with Crippen molar-refractivity contribution in [2.24, 2.45) is 0 Å². The summed E-state index contributed by atoms with van der Waals surface area (Å²) in [7, 11) is 1.57. The van der Waals surface area contributed by atoms with Crippen LogP contribution in [0.5, 0.6) is 5.75 Å². The maximum atomic E-state index is 12.2. The first kappa shape index (κ1) is 15.3. The molecule has 114 valence electrons. The Labute approximate surface area is 124 Å². The second-order valence-corrected chi connectivity index (χ2v) is 4.98. The Hall–Kier alpha value is -2.08. The number of nitrogens with zero attached hydrogens (tertiary/aromatic N) is 1. The molecule has 1 aliphatic rings. The Morgan fingerprint density at radius 3 is 3.00 bits per heavy atom. The van der Waals surface area contributed by atoms with E-state index in [4.69, 9.17) is 9.47 Å². The van der Waals surface area contributed by atoms with Crippen LogP contribution < -0.4 is 15.0 Å². The summed E-state index contributed by atoms with van der Waals surface area (Å²) in [5.74, 6) is 0.189. The number of rotatable bonds is 5. The molecule has 1 heterocycles. The lowest BCUT2D eigenvalue weighted by molar-refractivity contribution is -0.127. The van der Waals surface area contributed by atoms with Gasteiger partial charge in [0.2, 0.25) is 5.91 Å². The van der Waals surface area contributed by atoms with Crippen LogP contribution in [-0.4, -0.2) is 44.7 Å². The Morgan fingerprint density at radius 2 is 2.29 bits per heavy atom. The van der Waals surface area contributed by atoms with Crippen LogP contribution in [0.1, 0.15) is 12.5 Å². The summed E-state index contributed by atoms with van der Waals surface area (Å²) in [4.78, 5) is 25.8. The normalized spacial score (nSPS) is 15.2. The average Bonchev–Trinajstić information content (AvgIpc) is 2.46. The van der Waals surface area contributed by atoms with Gasteiger partial charge in [-0.3, -0.25) is 14.5 Å². The summed E-state index contributed by atoms with van der Waals surface area (Å²) in [6.45, 7) is 4.44. The van der Waals surface area contributed by atoms with Gasteiger partial charge in [-0.2, -0.15) is 0 Å². The van der Waals surface area contributed by atoms with Crippen molar-refractivity contribution in [1.29, 1.82) is 0 Å². The number of carbonyl (C=O) groups excluding carboxylic acids is 2. The molecule has 2 amide bonds. The third-order valence-electron chi connectivity index (χ3n) is 3.37. The molecule has 6 nitrogen and oxygen atoms in total. The highest BCUT2D eigenvalue weighted by Gasteiger charge is 2.32. The van der Waals surface area contributed by atoms with Crippen molar-refractivity contribution >= 4 is 17.5 Å². The van der Waals surface area contributed by atoms with E-state index in [1.54, 1.807) is 14.0 Å². The molecule has 0 saturated heterocycles. The quantitative estimate of drug-likeness (QED) is 0.818. The zero-order valence-electron chi connectivity index (χ0n) is 12.5. The molecule has 1 atom stereocenters. The molecule has 0 fully saturated rings. The molecule has 0 unspecified atom stereocenters. The van der Waals surface area contributed by atoms with Crippen LogP contribution in [0.25, 0.3) is 0 Å². The van der Waals surface area contributed by atoms with E-state index in [0.29, 0.717) is 24.6 Å². The fourth-order valence-corrected chi connectivity index (χ4v) is 2.25. The Bertz CT molecular complexity index is 544. The second kappa shape index (κ2) is 6.58. The van der Waals surface area contributed by atoms with Gasteiger partial charge in [0.15, 0.2) is 6.61 Å². The number of hydrogen-bond acceptors (Lipinski definition) is 4. The lowest BCUT2D eigenvalue weighted by Gasteiger charge is -2.33. The van der Waals surface area contributed by atoms with Gasteiger partial charge in [-0.05, 0) is 31.5 Å². The molecule has 1 N–H and O–H groups in total. The van der Waals surface area contributed by atoms with E-state index in [-0.39, 0.29) is 18.4 Å². The van der Waals surface area contributed by atoms with Crippen LogP contribution in [0.2, 0.25) is 0 Å². The summed E-state index contributed by atoms with van der Waals surface area (Å²) in [5.41, 5.74) is 1.64. The summed E-state index contributed by atoms with van der Waals surface area (Å²) >= 11 is 0. The number of carbonyl (C=O) groups is 2. The Kier molecular flexibility index (Phi) is 4.80. The van der Waals surface area contributed by atoms with Gasteiger partial charge in [-0.25, -0.2) is 0 Å². The van der Waals surface area contributed by atoms with Crippen molar-refractivity contribution in [2.45, 2.75) is 19.9 Å². The van der Waals surface area contributed by atoms with E-state index in [1.807, 2.05) is 25.1 Å². The van der Waals surface area contributed by atoms with Crippen LogP contribution in [0.3, 0.4) is 0 Å². The van der Waals surface area contributed by atoms with Gasteiger partial charge in [0.05, 0.1) is 12.3 Å². The lowest BCUT2D eigenvalue weighted by Crippen LogP contribution is -2.51. The number of amides is 2. The van der Waals surface area contributed by atoms with Crippen molar-refractivity contribution < 1.29 is 19.1 Å². The lowest BCUT2D eigenvalue weighted by atomic mass is 10.1. The molecule has 1 aliphatic heterocycles. The Morgan fingerprint density at radius 1 is 1.52 bits per heavy atom. The van der Waals surface area contributed by atoms with E-state index < -0.39 is 6.04 Å². The number of hydrogen-bond donors (Lipinski definition) is 1. The SMILES string of the molecule is COCCNC(=O)[C@H](C)N1C(=O)COc2ccc(C)cc21. The summed E-state index contributed by atoms with van der Waals surface area (Å²) in [5, 5.41) is 2.75. The number of fused-ring (bicyclic) bond motifs is 1. The molecule has 21 heavy (non-hydrogen) atoms. The van der Waals surface area contributed by atoms with E-state index in [0.717, 1.165) is 5.56 Å². The van der Waals surface area contributed by atoms with Gasteiger partial charge in [0.1, 0.15) is 11.8 Å². The highest BCUT2D eigenvalue weighted by atomic mass is 16.5. The van der Waals surface area contributed by atoms with E-state index in [9.17, 15) is 9.59 Å². The first-order chi connectivity index (χ1) is 10.0. The second-order valence-electron chi connectivity index (χ2n) is 4.98. The molecule has 0 spiro atoms. The maximum absolute atomic E-state index is 12.2. The molecule has 0 saturated carbocycles.